The van der Waals surface area contributed by atoms with E-state index in [0.29, 0.717) is 11.3 Å². The van der Waals surface area contributed by atoms with Crippen molar-refractivity contribution in [3.05, 3.63) is 78.0 Å². The minimum absolute atomic E-state index is 0.156. The van der Waals surface area contributed by atoms with Crippen LogP contribution in [0.25, 0.3) is 17.0 Å². The van der Waals surface area contributed by atoms with E-state index in [9.17, 15) is 4.79 Å². The lowest BCUT2D eigenvalue weighted by Gasteiger charge is -2.11. The topological polar surface area (TPSA) is 42.0 Å². The minimum atomic E-state index is -0.156. The molecule has 0 atom stereocenters. The molecule has 0 aliphatic carbocycles. The van der Waals surface area contributed by atoms with Crippen molar-refractivity contribution in [2.24, 2.45) is 0 Å². The smallest absolute Gasteiger partial charge is 0.256 e. The number of hydrogen-bond donors (Lipinski definition) is 1. The van der Waals surface area contributed by atoms with Gasteiger partial charge in [-0.25, -0.2) is 0 Å². The van der Waals surface area contributed by atoms with Crippen LogP contribution in [0.3, 0.4) is 0 Å². The van der Waals surface area contributed by atoms with Gasteiger partial charge in [-0.2, -0.15) is 0 Å². The molecule has 108 valence electrons. The van der Waals surface area contributed by atoms with Crippen LogP contribution in [0, 0.1) is 6.92 Å². The van der Waals surface area contributed by atoms with Crippen LogP contribution in [-0.2, 0) is 0 Å². The van der Waals surface area contributed by atoms with Gasteiger partial charge >= 0.3 is 0 Å². The van der Waals surface area contributed by atoms with Crippen molar-refractivity contribution < 1.29 is 4.79 Å². The van der Waals surface area contributed by atoms with E-state index in [1.165, 1.54) is 0 Å². The SMILES string of the molecule is C=Cc1c(C)cccc1C(=O)Nc1cccc2cccnc12. The number of hydrogen-bond acceptors (Lipinski definition) is 2. The molecule has 22 heavy (non-hydrogen) atoms. The molecule has 3 nitrogen and oxygen atoms in total. The summed E-state index contributed by atoms with van der Waals surface area (Å²) in [6.45, 7) is 5.76. The van der Waals surface area contributed by atoms with Crippen LogP contribution in [0.2, 0.25) is 0 Å². The number of nitrogens with one attached hydrogen (secondary N) is 1. The molecular formula is C19H16N2O. The lowest BCUT2D eigenvalue weighted by Crippen LogP contribution is -2.14. The normalized spacial score (nSPS) is 10.4. The first-order valence-electron chi connectivity index (χ1n) is 7.08. The first-order valence-corrected chi connectivity index (χ1v) is 7.08. The number of nitrogens with zero attached hydrogens (tertiary/aromatic N) is 1. The van der Waals surface area contributed by atoms with Crippen LogP contribution < -0.4 is 5.32 Å². The van der Waals surface area contributed by atoms with E-state index in [1.54, 1.807) is 18.3 Å². The summed E-state index contributed by atoms with van der Waals surface area (Å²) in [4.78, 5) is 17.0. The van der Waals surface area contributed by atoms with Crippen molar-refractivity contribution in [3.8, 4) is 0 Å². The van der Waals surface area contributed by atoms with Gasteiger partial charge in [0.05, 0.1) is 11.2 Å². The van der Waals surface area contributed by atoms with E-state index in [1.807, 2.05) is 49.4 Å². The number of anilines is 1. The fourth-order valence-corrected chi connectivity index (χ4v) is 2.54. The Bertz CT molecular complexity index is 863. The molecule has 3 aromatic rings. The summed E-state index contributed by atoms with van der Waals surface area (Å²) in [5, 5.41) is 3.95. The van der Waals surface area contributed by atoms with Crippen molar-refractivity contribution >= 4 is 28.6 Å². The zero-order chi connectivity index (χ0) is 15.5. The number of carbonyl (C=O) groups is 1. The number of pyridine rings is 1. The molecule has 0 bridgehead atoms. The van der Waals surface area contributed by atoms with Gasteiger partial charge in [-0.15, -0.1) is 0 Å². The Kier molecular flexibility index (Phi) is 3.71. The maximum Gasteiger partial charge on any atom is 0.256 e. The molecule has 1 N–H and O–H groups in total. The summed E-state index contributed by atoms with van der Waals surface area (Å²) in [5.74, 6) is -0.156. The van der Waals surface area contributed by atoms with Gasteiger partial charge in [-0.1, -0.05) is 43.0 Å². The van der Waals surface area contributed by atoms with Crippen LogP contribution >= 0.6 is 0 Å². The van der Waals surface area contributed by atoms with E-state index >= 15 is 0 Å². The van der Waals surface area contributed by atoms with E-state index < -0.39 is 0 Å². The van der Waals surface area contributed by atoms with Crippen LogP contribution in [0.5, 0.6) is 0 Å². The molecule has 0 aliphatic rings. The molecule has 1 amide bonds. The molecule has 0 radical (unpaired) electrons. The van der Waals surface area contributed by atoms with Gasteiger partial charge in [0, 0.05) is 17.1 Å². The molecule has 0 saturated heterocycles. The number of aromatic nitrogens is 1. The van der Waals surface area contributed by atoms with Crippen molar-refractivity contribution in [2.45, 2.75) is 6.92 Å². The van der Waals surface area contributed by atoms with E-state index in [-0.39, 0.29) is 5.91 Å². The Balaban J connectivity index is 2.01. The predicted octanol–water partition coefficient (Wildman–Crippen LogP) is 4.44. The first kappa shape index (κ1) is 14.0. The van der Waals surface area contributed by atoms with Crippen molar-refractivity contribution in [2.75, 3.05) is 5.32 Å². The molecule has 0 unspecified atom stereocenters. The second-order valence-corrected chi connectivity index (χ2v) is 5.08. The molecule has 1 aromatic heterocycles. The number of benzene rings is 2. The average molecular weight is 288 g/mol. The Morgan fingerprint density at radius 1 is 1.14 bits per heavy atom. The quantitative estimate of drug-likeness (QED) is 0.774. The molecule has 3 heteroatoms. The molecule has 0 aliphatic heterocycles. The summed E-state index contributed by atoms with van der Waals surface area (Å²) < 4.78 is 0. The fourth-order valence-electron chi connectivity index (χ4n) is 2.54. The highest BCUT2D eigenvalue weighted by atomic mass is 16.1. The largest absolute Gasteiger partial charge is 0.320 e. The Labute approximate surface area is 129 Å². The number of carbonyl (C=O) groups excluding carboxylic acids is 1. The highest BCUT2D eigenvalue weighted by molar-refractivity contribution is 6.10. The monoisotopic (exact) mass is 288 g/mol. The minimum Gasteiger partial charge on any atom is -0.320 e. The third-order valence-electron chi connectivity index (χ3n) is 3.65. The van der Waals surface area contributed by atoms with Crippen molar-refractivity contribution in [1.82, 2.24) is 4.98 Å². The zero-order valence-corrected chi connectivity index (χ0v) is 12.3. The van der Waals surface area contributed by atoms with Crippen molar-refractivity contribution in [1.29, 1.82) is 0 Å². The second kappa shape index (κ2) is 5.82. The maximum absolute atomic E-state index is 12.6. The molecule has 0 saturated carbocycles. The number of amides is 1. The van der Waals surface area contributed by atoms with Gasteiger partial charge in [-0.05, 0) is 36.2 Å². The van der Waals surface area contributed by atoms with Crippen LogP contribution in [-0.4, -0.2) is 10.9 Å². The van der Waals surface area contributed by atoms with E-state index in [0.717, 1.165) is 22.0 Å². The van der Waals surface area contributed by atoms with Gasteiger partial charge in [0.15, 0.2) is 0 Å². The van der Waals surface area contributed by atoms with Gasteiger partial charge in [0.2, 0.25) is 0 Å². The molecular weight excluding hydrogens is 272 g/mol. The molecule has 1 heterocycles. The highest BCUT2D eigenvalue weighted by Gasteiger charge is 2.12. The Hall–Kier alpha value is -2.94. The van der Waals surface area contributed by atoms with E-state index in [2.05, 4.69) is 16.9 Å². The Morgan fingerprint density at radius 2 is 1.91 bits per heavy atom. The van der Waals surface area contributed by atoms with Crippen LogP contribution in [0.4, 0.5) is 5.69 Å². The van der Waals surface area contributed by atoms with Crippen LogP contribution in [0.1, 0.15) is 21.5 Å². The third-order valence-corrected chi connectivity index (χ3v) is 3.65. The van der Waals surface area contributed by atoms with Crippen LogP contribution in [0.15, 0.2) is 61.3 Å². The predicted molar refractivity (Wildman–Crippen MR) is 91.0 cm³/mol. The second-order valence-electron chi connectivity index (χ2n) is 5.08. The fraction of sp³-hybridized carbons (Fsp3) is 0.0526. The molecule has 0 fully saturated rings. The standard InChI is InChI=1S/C19H16N2O/c1-3-15-13(2)7-4-10-16(15)19(22)21-17-11-5-8-14-9-6-12-20-18(14)17/h3-12H,1H2,2H3,(H,21,22). The van der Waals surface area contributed by atoms with E-state index in [4.69, 9.17) is 0 Å². The number of aryl methyl sites for hydroxylation is 1. The summed E-state index contributed by atoms with van der Waals surface area (Å²) in [6, 6.07) is 15.2. The average Bonchev–Trinajstić information content (AvgIpc) is 2.55. The summed E-state index contributed by atoms with van der Waals surface area (Å²) >= 11 is 0. The van der Waals surface area contributed by atoms with Gasteiger partial charge in [-0.3, -0.25) is 9.78 Å². The zero-order valence-electron chi connectivity index (χ0n) is 12.3. The molecule has 2 aromatic carbocycles. The van der Waals surface area contributed by atoms with Gasteiger partial charge < -0.3 is 5.32 Å². The van der Waals surface area contributed by atoms with Gasteiger partial charge in [0.1, 0.15) is 0 Å². The Morgan fingerprint density at radius 3 is 2.73 bits per heavy atom. The van der Waals surface area contributed by atoms with Gasteiger partial charge in [0.25, 0.3) is 5.91 Å². The number of rotatable bonds is 3. The first-order chi connectivity index (χ1) is 10.7. The highest BCUT2D eigenvalue weighted by Crippen LogP contribution is 2.23. The van der Waals surface area contributed by atoms with Crippen molar-refractivity contribution in [3.63, 3.8) is 0 Å². The lowest BCUT2D eigenvalue weighted by atomic mass is 10.0. The molecule has 3 rings (SSSR count). The lowest BCUT2D eigenvalue weighted by molar-refractivity contribution is 0.102. The number of para-hydroxylation sites is 1. The maximum atomic E-state index is 12.6. The summed E-state index contributed by atoms with van der Waals surface area (Å²) in [7, 11) is 0. The third kappa shape index (κ3) is 2.49. The summed E-state index contributed by atoms with van der Waals surface area (Å²) in [5.41, 5.74) is 3.99. The summed E-state index contributed by atoms with van der Waals surface area (Å²) in [6.07, 6.45) is 3.44. The number of fused-ring (bicyclic) bond motifs is 1. The molecule has 0 spiro atoms.